The van der Waals surface area contributed by atoms with Crippen molar-refractivity contribution in [1.82, 2.24) is 4.90 Å². The molecule has 1 saturated carbocycles. The number of carbonyl (C=O) groups is 1. The summed E-state index contributed by atoms with van der Waals surface area (Å²) in [6, 6.07) is 6.81. The summed E-state index contributed by atoms with van der Waals surface area (Å²) in [5.41, 5.74) is 0.703. The van der Waals surface area contributed by atoms with E-state index in [0.29, 0.717) is 5.56 Å². The van der Waals surface area contributed by atoms with Crippen LogP contribution in [0.5, 0.6) is 0 Å². The second-order valence-electron chi connectivity index (χ2n) is 5.30. The fraction of sp³-hybridized carbons (Fsp3) is 0.562. The first-order chi connectivity index (χ1) is 9.19. The van der Waals surface area contributed by atoms with E-state index in [4.69, 9.17) is 0 Å². The zero-order valence-corrected chi connectivity index (χ0v) is 11.7. The van der Waals surface area contributed by atoms with Crippen LogP contribution in [0.1, 0.15) is 44.6 Å². The molecule has 1 fully saturated rings. The average molecular weight is 263 g/mol. The number of carbonyl (C=O) groups excluding carboxylic acids is 1. The van der Waals surface area contributed by atoms with E-state index < -0.39 is 0 Å². The van der Waals surface area contributed by atoms with E-state index in [2.05, 4.69) is 13.8 Å². The Labute approximate surface area is 114 Å². The maximum Gasteiger partial charge on any atom is 0.226 e. The lowest BCUT2D eigenvalue weighted by Gasteiger charge is -2.21. The first-order valence-corrected chi connectivity index (χ1v) is 7.22. The van der Waals surface area contributed by atoms with Crippen LogP contribution in [0.4, 0.5) is 4.39 Å². The van der Waals surface area contributed by atoms with E-state index in [1.54, 1.807) is 12.1 Å². The predicted octanol–water partition coefficient (Wildman–Crippen LogP) is 3.58. The Hall–Kier alpha value is -1.38. The van der Waals surface area contributed by atoms with Crippen LogP contribution in [0.25, 0.3) is 0 Å². The number of rotatable bonds is 6. The van der Waals surface area contributed by atoms with Crippen LogP contribution in [0.2, 0.25) is 0 Å². The van der Waals surface area contributed by atoms with Crippen LogP contribution in [0.15, 0.2) is 24.3 Å². The first kappa shape index (κ1) is 14.0. The van der Waals surface area contributed by atoms with Crippen LogP contribution < -0.4 is 0 Å². The summed E-state index contributed by atoms with van der Waals surface area (Å²) in [5.74, 6) is 0.109. The molecule has 0 N–H and O–H groups in total. The molecule has 0 aromatic heterocycles. The highest BCUT2D eigenvalue weighted by Crippen LogP contribution is 2.49. The zero-order chi connectivity index (χ0) is 13.8. The molecular weight excluding hydrogens is 241 g/mol. The largest absolute Gasteiger partial charge is 0.342 e. The van der Waals surface area contributed by atoms with E-state index in [-0.39, 0.29) is 23.6 Å². The fourth-order valence-corrected chi connectivity index (χ4v) is 2.69. The quantitative estimate of drug-likeness (QED) is 0.768. The van der Waals surface area contributed by atoms with E-state index >= 15 is 0 Å². The van der Waals surface area contributed by atoms with Crippen LogP contribution in [0.3, 0.4) is 0 Å². The second-order valence-corrected chi connectivity index (χ2v) is 5.30. The molecule has 2 nitrogen and oxygen atoms in total. The molecule has 0 radical (unpaired) electrons. The smallest absolute Gasteiger partial charge is 0.226 e. The van der Waals surface area contributed by atoms with Gasteiger partial charge in [0, 0.05) is 19.0 Å². The summed E-state index contributed by atoms with van der Waals surface area (Å²) in [4.78, 5) is 14.3. The molecule has 0 bridgehead atoms. The summed E-state index contributed by atoms with van der Waals surface area (Å²) in [6.07, 6.45) is 2.75. The summed E-state index contributed by atoms with van der Waals surface area (Å²) >= 11 is 0. The highest BCUT2D eigenvalue weighted by Gasteiger charge is 2.46. The van der Waals surface area contributed by atoms with Gasteiger partial charge < -0.3 is 4.90 Å². The average Bonchev–Trinajstić information content (AvgIpc) is 3.18. The molecule has 0 spiro atoms. The molecular formula is C16H22FNO. The van der Waals surface area contributed by atoms with Gasteiger partial charge in [0.05, 0.1) is 0 Å². The van der Waals surface area contributed by atoms with Gasteiger partial charge in [0.1, 0.15) is 5.82 Å². The lowest BCUT2D eigenvalue weighted by molar-refractivity contribution is -0.132. The number of amides is 1. The minimum absolute atomic E-state index is 0.00463. The Morgan fingerprint density at radius 2 is 1.89 bits per heavy atom. The first-order valence-electron chi connectivity index (χ1n) is 7.22. The molecule has 2 rings (SSSR count). The normalized spacial score (nSPS) is 21.2. The molecule has 1 aliphatic rings. The van der Waals surface area contributed by atoms with Gasteiger partial charge in [0.2, 0.25) is 5.91 Å². The van der Waals surface area contributed by atoms with E-state index in [0.717, 1.165) is 32.4 Å². The Bertz CT molecular complexity index is 440. The standard InChI is InChI=1S/C16H22FNO/c1-3-9-18(10-4-2)16(19)14-11-13(14)12-7-5-6-8-15(12)17/h5-8,13-14H,3-4,9-11H2,1-2H3. The van der Waals surface area contributed by atoms with Gasteiger partial charge in [-0.1, -0.05) is 32.0 Å². The van der Waals surface area contributed by atoms with E-state index in [9.17, 15) is 9.18 Å². The number of hydrogen-bond acceptors (Lipinski definition) is 1. The van der Waals surface area contributed by atoms with Crippen molar-refractivity contribution in [3.8, 4) is 0 Å². The molecule has 2 atom stereocenters. The second kappa shape index (κ2) is 6.18. The molecule has 0 saturated heterocycles. The number of nitrogens with zero attached hydrogens (tertiary/aromatic N) is 1. The van der Waals surface area contributed by atoms with Crippen LogP contribution >= 0.6 is 0 Å². The lowest BCUT2D eigenvalue weighted by Crippen LogP contribution is -2.34. The van der Waals surface area contributed by atoms with Gasteiger partial charge in [-0.3, -0.25) is 4.79 Å². The third-order valence-electron chi connectivity index (χ3n) is 3.71. The van der Waals surface area contributed by atoms with Gasteiger partial charge in [0.15, 0.2) is 0 Å². The monoisotopic (exact) mass is 263 g/mol. The van der Waals surface area contributed by atoms with Crippen molar-refractivity contribution in [3.05, 3.63) is 35.6 Å². The van der Waals surface area contributed by atoms with Crippen molar-refractivity contribution in [2.75, 3.05) is 13.1 Å². The highest BCUT2D eigenvalue weighted by atomic mass is 19.1. The van der Waals surface area contributed by atoms with Crippen molar-refractivity contribution in [2.24, 2.45) is 5.92 Å². The molecule has 2 unspecified atom stereocenters. The third-order valence-corrected chi connectivity index (χ3v) is 3.71. The van der Waals surface area contributed by atoms with Gasteiger partial charge in [0.25, 0.3) is 0 Å². The molecule has 104 valence electrons. The maximum absolute atomic E-state index is 13.7. The Morgan fingerprint density at radius 3 is 2.47 bits per heavy atom. The van der Waals surface area contributed by atoms with Crippen molar-refractivity contribution in [3.63, 3.8) is 0 Å². The zero-order valence-electron chi connectivity index (χ0n) is 11.7. The Balaban J connectivity index is 2.01. The maximum atomic E-state index is 13.7. The van der Waals surface area contributed by atoms with Gasteiger partial charge in [-0.25, -0.2) is 4.39 Å². The summed E-state index contributed by atoms with van der Waals surface area (Å²) in [5, 5.41) is 0. The summed E-state index contributed by atoms with van der Waals surface area (Å²) in [7, 11) is 0. The minimum atomic E-state index is -0.180. The van der Waals surface area contributed by atoms with Crippen molar-refractivity contribution < 1.29 is 9.18 Å². The molecule has 1 amide bonds. The number of benzene rings is 1. The van der Waals surface area contributed by atoms with E-state index in [1.807, 2.05) is 11.0 Å². The topological polar surface area (TPSA) is 20.3 Å². The molecule has 1 aliphatic carbocycles. The SMILES string of the molecule is CCCN(CCC)C(=O)C1CC1c1ccccc1F. The number of hydrogen-bond donors (Lipinski definition) is 0. The fourth-order valence-electron chi connectivity index (χ4n) is 2.69. The molecule has 0 heterocycles. The van der Waals surface area contributed by atoms with Crippen LogP contribution in [-0.4, -0.2) is 23.9 Å². The lowest BCUT2D eigenvalue weighted by atomic mass is 10.1. The molecule has 3 heteroatoms. The molecule has 1 aromatic carbocycles. The Morgan fingerprint density at radius 1 is 1.26 bits per heavy atom. The van der Waals surface area contributed by atoms with Crippen LogP contribution in [0, 0.1) is 11.7 Å². The van der Waals surface area contributed by atoms with Gasteiger partial charge in [-0.05, 0) is 36.8 Å². The van der Waals surface area contributed by atoms with Gasteiger partial charge in [-0.15, -0.1) is 0 Å². The van der Waals surface area contributed by atoms with E-state index in [1.165, 1.54) is 6.07 Å². The van der Waals surface area contributed by atoms with Crippen molar-refractivity contribution in [1.29, 1.82) is 0 Å². The van der Waals surface area contributed by atoms with Crippen molar-refractivity contribution in [2.45, 2.75) is 39.0 Å². The summed E-state index contributed by atoms with van der Waals surface area (Å²) < 4.78 is 13.7. The minimum Gasteiger partial charge on any atom is -0.342 e. The third kappa shape index (κ3) is 3.14. The highest BCUT2D eigenvalue weighted by molar-refractivity contribution is 5.83. The van der Waals surface area contributed by atoms with Crippen LogP contribution in [-0.2, 0) is 4.79 Å². The molecule has 0 aliphatic heterocycles. The Kier molecular flexibility index (Phi) is 4.56. The summed E-state index contributed by atoms with van der Waals surface area (Å²) in [6.45, 7) is 5.79. The molecule has 1 aromatic rings. The van der Waals surface area contributed by atoms with Gasteiger partial charge >= 0.3 is 0 Å². The number of halogens is 1. The predicted molar refractivity (Wildman–Crippen MR) is 74.4 cm³/mol. The van der Waals surface area contributed by atoms with Gasteiger partial charge in [-0.2, -0.15) is 0 Å². The van der Waals surface area contributed by atoms with Crippen molar-refractivity contribution >= 4 is 5.91 Å². The molecule has 19 heavy (non-hydrogen) atoms.